The second kappa shape index (κ2) is 7.56. The molecule has 0 spiro atoms. The van der Waals surface area contributed by atoms with Gasteiger partial charge in [0, 0.05) is 18.2 Å². The van der Waals surface area contributed by atoms with Crippen molar-refractivity contribution < 1.29 is 19.9 Å². The van der Waals surface area contributed by atoms with Gasteiger partial charge in [-0.25, -0.2) is 0 Å². The molecule has 2 aromatic rings. The number of aromatic amines is 1. The Bertz CT molecular complexity index is 834. The summed E-state index contributed by atoms with van der Waals surface area (Å²) in [5.41, 5.74) is -0.686. The summed E-state index contributed by atoms with van der Waals surface area (Å²) in [6.07, 6.45) is -1.17. The normalized spacial score (nSPS) is 13.6. The van der Waals surface area contributed by atoms with E-state index >= 15 is 0 Å². The first-order valence-electron chi connectivity index (χ1n) is 7.10. The van der Waals surface area contributed by atoms with Crippen LogP contribution < -0.4 is 5.43 Å². The van der Waals surface area contributed by atoms with E-state index < -0.39 is 28.2 Å². The Labute approximate surface area is 140 Å². The fourth-order valence-corrected chi connectivity index (χ4v) is 2.90. The van der Waals surface area contributed by atoms with Crippen molar-refractivity contribution in [3.63, 3.8) is 0 Å². The smallest absolute Gasteiger partial charge is 0.332 e. The summed E-state index contributed by atoms with van der Waals surface area (Å²) in [5, 5.41) is 31.0. The van der Waals surface area contributed by atoms with E-state index in [9.17, 15) is 29.9 Å². The van der Waals surface area contributed by atoms with Gasteiger partial charge in [-0.2, -0.15) is 0 Å². The Kier molecular flexibility index (Phi) is 5.71. The highest BCUT2D eigenvalue weighted by molar-refractivity contribution is 8.13. The van der Waals surface area contributed by atoms with Crippen molar-refractivity contribution >= 4 is 33.5 Å². The number of carbonyl (C=O) groups is 1. The van der Waals surface area contributed by atoms with Gasteiger partial charge in [0.1, 0.15) is 6.10 Å². The fraction of sp³-hybridized carbons (Fsp3) is 0.333. The lowest BCUT2D eigenvalue weighted by Gasteiger charge is -2.18. The minimum absolute atomic E-state index is 0.0612. The fourth-order valence-electron chi connectivity index (χ4n) is 2.25. The quantitative estimate of drug-likeness (QED) is 0.530. The standard InChI is InChI=1S/C15H16N2O6S/c1-8(18)24-5-4-13(19)14(20)9-2-3-11-10(6-9)15(21)12(7-16-11)17(22)23/h2-3,6-7,13-14,19-20H,4-5H2,1H3,(H,16,21). The molecule has 1 heterocycles. The number of pyridine rings is 1. The maximum absolute atomic E-state index is 12.1. The zero-order valence-corrected chi connectivity index (χ0v) is 13.6. The van der Waals surface area contributed by atoms with Crippen LogP contribution >= 0.6 is 11.8 Å². The zero-order valence-electron chi connectivity index (χ0n) is 12.8. The van der Waals surface area contributed by atoms with Gasteiger partial charge in [-0.05, 0) is 24.1 Å². The first kappa shape index (κ1) is 18.1. The Morgan fingerprint density at radius 1 is 1.42 bits per heavy atom. The van der Waals surface area contributed by atoms with Crippen molar-refractivity contribution in [3.05, 3.63) is 50.3 Å². The van der Waals surface area contributed by atoms with Crippen LogP contribution in [0.4, 0.5) is 5.69 Å². The van der Waals surface area contributed by atoms with E-state index in [4.69, 9.17) is 0 Å². The number of nitro groups is 1. The van der Waals surface area contributed by atoms with E-state index in [1.165, 1.54) is 25.1 Å². The highest BCUT2D eigenvalue weighted by atomic mass is 32.2. The third-order valence-electron chi connectivity index (χ3n) is 3.51. The number of rotatable bonds is 6. The van der Waals surface area contributed by atoms with Crippen LogP contribution in [0, 0.1) is 10.1 Å². The summed E-state index contributed by atoms with van der Waals surface area (Å²) in [7, 11) is 0. The zero-order chi connectivity index (χ0) is 17.9. The highest BCUT2D eigenvalue weighted by Gasteiger charge is 2.21. The number of nitrogens with one attached hydrogen (secondary N) is 1. The second-order valence-corrected chi connectivity index (χ2v) is 6.48. The molecule has 3 N–H and O–H groups in total. The molecule has 0 amide bonds. The van der Waals surface area contributed by atoms with Gasteiger partial charge in [0.15, 0.2) is 5.12 Å². The molecule has 24 heavy (non-hydrogen) atoms. The van der Waals surface area contributed by atoms with Crippen molar-refractivity contribution in [1.29, 1.82) is 0 Å². The number of aliphatic hydroxyl groups is 2. The molecule has 0 aliphatic rings. The van der Waals surface area contributed by atoms with E-state index in [1.54, 1.807) is 0 Å². The lowest BCUT2D eigenvalue weighted by molar-refractivity contribution is -0.386. The molecule has 0 saturated heterocycles. The molecule has 0 fully saturated rings. The third-order valence-corrected chi connectivity index (χ3v) is 4.35. The third kappa shape index (κ3) is 3.99. The predicted octanol–water partition coefficient (Wildman–Crippen LogP) is 1.50. The first-order valence-corrected chi connectivity index (χ1v) is 8.09. The van der Waals surface area contributed by atoms with Crippen molar-refractivity contribution in [2.24, 2.45) is 0 Å². The molecular formula is C15H16N2O6S. The summed E-state index contributed by atoms with van der Waals surface area (Å²) in [5.74, 6) is 0.354. The summed E-state index contributed by atoms with van der Waals surface area (Å²) in [6.45, 7) is 1.41. The molecule has 2 unspecified atom stereocenters. The van der Waals surface area contributed by atoms with Crippen molar-refractivity contribution in [2.45, 2.75) is 25.6 Å². The minimum atomic E-state index is -1.26. The second-order valence-electron chi connectivity index (χ2n) is 5.21. The molecule has 0 bridgehead atoms. The lowest BCUT2D eigenvalue weighted by atomic mass is 10.0. The molecule has 2 rings (SSSR count). The van der Waals surface area contributed by atoms with Crippen LogP contribution in [-0.4, -0.2) is 37.1 Å². The van der Waals surface area contributed by atoms with Crippen molar-refractivity contribution in [3.8, 4) is 0 Å². The number of aromatic nitrogens is 1. The number of benzene rings is 1. The molecule has 128 valence electrons. The molecule has 0 radical (unpaired) electrons. The molecule has 8 nitrogen and oxygen atoms in total. The van der Waals surface area contributed by atoms with Gasteiger partial charge in [0.25, 0.3) is 5.43 Å². The van der Waals surface area contributed by atoms with Crippen LogP contribution in [0.25, 0.3) is 10.9 Å². The van der Waals surface area contributed by atoms with Crippen LogP contribution in [0.15, 0.2) is 29.2 Å². The van der Waals surface area contributed by atoms with Gasteiger partial charge in [-0.3, -0.25) is 19.7 Å². The van der Waals surface area contributed by atoms with E-state index in [-0.39, 0.29) is 22.5 Å². The SMILES string of the molecule is CC(=O)SCCC(O)C(O)c1ccc2[nH]cc([N+](=O)[O-])c(=O)c2c1. The predicted molar refractivity (Wildman–Crippen MR) is 89.9 cm³/mol. The van der Waals surface area contributed by atoms with Crippen LogP contribution in [0.2, 0.25) is 0 Å². The van der Waals surface area contributed by atoms with Gasteiger partial charge in [-0.1, -0.05) is 17.8 Å². The van der Waals surface area contributed by atoms with Crippen LogP contribution in [0.5, 0.6) is 0 Å². The highest BCUT2D eigenvalue weighted by Crippen LogP contribution is 2.23. The van der Waals surface area contributed by atoms with Crippen LogP contribution in [0.3, 0.4) is 0 Å². The average molecular weight is 352 g/mol. The summed E-state index contributed by atoms with van der Waals surface area (Å²) in [4.78, 5) is 35.7. The van der Waals surface area contributed by atoms with Gasteiger partial charge in [0.2, 0.25) is 0 Å². The minimum Gasteiger partial charge on any atom is -0.390 e. The summed E-state index contributed by atoms with van der Waals surface area (Å²) >= 11 is 1.04. The Morgan fingerprint density at radius 2 is 2.12 bits per heavy atom. The summed E-state index contributed by atoms with van der Waals surface area (Å²) < 4.78 is 0. The van der Waals surface area contributed by atoms with Crippen LogP contribution in [0.1, 0.15) is 25.0 Å². The summed E-state index contributed by atoms with van der Waals surface area (Å²) in [6, 6.07) is 4.36. The van der Waals surface area contributed by atoms with Gasteiger partial charge in [0.05, 0.1) is 22.6 Å². The van der Waals surface area contributed by atoms with Gasteiger partial charge >= 0.3 is 5.69 Å². The monoisotopic (exact) mass is 352 g/mol. The lowest BCUT2D eigenvalue weighted by Crippen LogP contribution is -2.19. The van der Waals surface area contributed by atoms with E-state index in [0.717, 1.165) is 18.0 Å². The first-order chi connectivity index (χ1) is 11.3. The number of H-pyrrole nitrogens is 1. The van der Waals surface area contributed by atoms with Gasteiger partial charge < -0.3 is 15.2 Å². The maximum atomic E-state index is 12.1. The molecule has 0 aliphatic carbocycles. The Balaban J connectivity index is 2.28. The molecule has 0 aliphatic heterocycles. The molecule has 1 aromatic heterocycles. The number of carbonyl (C=O) groups excluding carboxylic acids is 1. The van der Waals surface area contributed by atoms with E-state index in [2.05, 4.69) is 4.98 Å². The van der Waals surface area contributed by atoms with E-state index in [1.807, 2.05) is 0 Å². The number of nitrogens with zero attached hydrogens (tertiary/aromatic N) is 1. The van der Waals surface area contributed by atoms with Crippen molar-refractivity contribution in [2.75, 3.05) is 5.75 Å². The van der Waals surface area contributed by atoms with E-state index in [0.29, 0.717) is 11.3 Å². The number of fused-ring (bicyclic) bond motifs is 1. The molecule has 2 atom stereocenters. The Morgan fingerprint density at radius 3 is 2.75 bits per heavy atom. The Hall–Kier alpha value is -2.23. The maximum Gasteiger partial charge on any atom is 0.332 e. The number of hydrogen-bond donors (Lipinski definition) is 3. The largest absolute Gasteiger partial charge is 0.390 e. The molecule has 9 heteroatoms. The van der Waals surface area contributed by atoms with Gasteiger partial charge in [-0.15, -0.1) is 0 Å². The number of hydrogen-bond acceptors (Lipinski definition) is 7. The molecule has 1 aromatic carbocycles. The van der Waals surface area contributed by atoms with Crippen LogP contribution in [-0.2, 0) is 4.79 Å². The topological polar surface area (TPSA) is 134 Å². The molecular weight excluding hydrogens is 336 g/mol. The average Bonchev–Trinajstić information content (AvgIpc) is 2.53. The van der Waals surface area contributed by atoms with Crippen molar-refractivity contribution in [1.82, 2.24) is 4.98 Å². The molecule has 0 saturated carbocycles. The number of thioether (sulfide) groups is 1. The number of aliphatic hydroxyl groups excluding tert-OH is 2.